The molecular weight excluding hydrogens is 1330 g/mol. The number of hydrogen-bond acceptors (Lipinski definition) is 7. The minimum Gasteiger partial charge on any atom is -0.342 e. The zero-order valence-electron chi connectivity index (χ0n) is 51.3. The Morgan fingerprint density at radius 1 is 0.417 bits per heavy atom. The molecule has 2 aromatic carbocycles. The molecule has 16 nitrogen and oxygen atoms in total. The van der Waals surface area contributed by atoms with Gasteiger partial charge in [0.25, 0.3) is 0 Å². The number of halogens is 15. The third-order valence-corrected chi connectivity index (χ3v) is 17.0. The minimum atomic E-state index is -4.59. The average molecular weight is 1390 g/mol. The van der Waals surface area contributed by atoms with Gasteiger partial charge in [-0.3, -0.25) is 41.8 Å². The summed E-state index contributed by atoms with van der Waals surface area (Å²) in [5.41, 5.74) is 6.76. The molecular formula is C65H60Cl2F13N13O3. The maximum absolute atomic E-state index is 13.3. The van der Waals surface area contributed by atoms with Crippen molar-refractivity contribution in [1.82, 2.24) is 61.0 Å². The molecule has 0 spiro atoms. The first-order chi connectivity index (χ1) is 45.4. The van der Waals surface area contributed by atoms with E-state index in [0.29, 0.717) is 72.3 Å². The van der Waals surface area contributed by atoms with Gasteiger partial charge in [-0.2, -0.15) is 52.7 Å². The molecule has 96 heavy (non-hydrogen) atoms. The van der Waals surface area contributed by atoms with Crippen molar-refractivity contribution in [2.75, 3.05) is 6.67 Å². The zero-order valence-corrected chi connectivity index (χ0v) is 52.8. The number of alkyl halides is 13. The van der Waals surface area contributed by atoms with Gasteiger partial charge in [-0.1, -0.05) is 35.3 Å². The van der Waals surface area contributed by atoms with Crippen LogP contribution < -0.4 is 17.1 Å². The van der Waals surface area contributed by atoms with Gasteiger partial charge in [0.05, 0.1) is 101 Å². The van der Waals surface area contributed by atoms with Crippen LogP contribution in [0.3, 0.4) is 0 Å². The van der Waals surface area contributed by atoms with Gasteiger partial charge in [0, 0.05) is 84.2 Å². The van der Waals surface area contributed by atoms with Crippen molar-refractivity contribution in [1.29, 1.82) is 0 Å². The van der Waals surface area contributed by atoms with Gasteiger partial charge < -0.3 is 13.7 Å². The summed E-state index contributed by atoms with van der Waals surface area (Å²) in [5, 5.41) is 2.90. The van der Waals surface area contributed by atoms with Crippen LogP contribution in [0.4, 0.5) is 57.1 Å². The molecule has 1 saturated carbocycles. The number of benzene rings is 2. The molecule has 0 N–H and O–H groups in total. The third-order valence-electron chi connectivity index (χ3n) is 16.6. The summed E-state index contributed by atoms with van der Waals surface area (Å²) in [6.07, 6.45) is -7.89. The summed E-state index contributed by atoms with van der Waals surface area (Å²) in [6, 6.07) is 22.8. The number of aromatic nitrogens is 13. The van der Waals surface area contributed by atoms with Gasteiger partial charge in [0.2, 0.25) is 0 Å². The van der Waals surface area contributed by atoms with E-state index in [1.807, 2.05) is 51.0 Å². The lowest BCUT2D eigenvalue weighted by molar-refractivity contribution is -0.141. The lowest BCUT2D eigenvalue weighted by Crippen LogP contribution is -2.30. The van der Waals surface area contributed by atoms with E-state index < -0.39 is 68.7 Å². The molecule has 0 saturated heterocycles. The molecule has 10 heterocycles. The Morgan fingerprint density at radius 2 is 0.833 bits per heavy atom. The molecule has 0 amide bonds. The van der Waals surface area contributed by atoms with Gasteiger partial charge in [-0.25, -0.2) is 24.4 Å². The standard InChI is InChI=1S/C23H22ClF3N4O.C22H20F6N4O.C20H18ClF4N5O/c1-14-3-6-18-19(9-14)30(22(32)31(18)16-4-5-16)13-17-10-15-11-21(24)28-12-20(15)29(17)8-2-7-23(25,26)27;1-14-3-4-17-18(9-14)31(20(33)32(17)13-22(26,27)28)12-16-10-15-5-7-29-11-19(15)30(16)8-2-6-21(23,24)25;21-18-8-13-7-14(28(6-2-1-4-22)16(13)10-27-18)11-29-17-9-26-5-3-15(17)30(19(29)31)12-20(23,24)25/h3,6,9-12,16H,2,4-5,7-8,13H2,1H3;3-5,7,9-11H,2,6,8,12-13H2,1H3;3,5,7-10H,1-2,4,6,11-12H2. The van der Waals surface area contributed by atoms with Crippen LogP contribution in [0.2, 0.25) is 10.3 Å². The summed E-state index contributed by atoms with van der Waals surface area (Å²) < 4.78 is 180. The number of fused-ring (bicyclic) bond motifs is 6. The van der Waals surface area contributed by atoms with Gasteiger partial charge in [-0.15, -0.1) is 0 Å². The quantitative estimate of drug-likeness (QED) is 0.0445. The summed E-state index contributed by atoms with van der Waals surface area (Å²) >= 11 is 12.0. The Kier molecular flexibility index (Phi) is 19.5. The molecule has 13 rings (SSSR count). The maximum Gasteiger partial charge on any atom is 0.406 e. The lowest BCUT2D eigenvalue weighted by atomic mass is 10.2. The minimum absolute atomic E-state index is 0.0216. The highest BCUT2D eigenvalue weighted by molar-refractivity contribution is 6.30. The highest BCUT2D eigenvalue weighted by atomic mass is 35.5. The van der Waals surface area contributed by atoms with E-state index in [1.54, 1.807) is 64.8 Å². The highest BCUT2D eigenvalue weighted by Crippen LogP contribution is 2.37. The fraction of sp³-hybridized carbons (Fsp3) is 0.369. The number of rotatable bonds is 19. The molecule has 508 valence electrons. The molecule has 0 aliphatic heterocycles. The van der Waals surface area contributed by atoms with E-state index in [9.17, 15) is 71.5 Å². The van der Waals surface area contributed by atoms with Crippen LogP contribution in [0, 0.1) is 13.8 Å². The molecule has 31 heteroatoms. The molecule has 0 unspecified atom stereocenters. The Labute approximate surface area is 545 Å². The number of hydrogen-bond donors (Lipinski definition) is 0. The van der Waals surface area contributed by atoms with Gasteiger partial charge in [0.1, 0.15) is 23.4 Å². The second-order valence-corrected chi connectivity index (χ2v) is 24.5. The fourth-order valence-corrected chi connectivity index (χ4v) is 12.6. The van der Waals surface area contributed by atoms with Gasteiger partial charge >= 0.3 is 41.8 Å². The van der Waals surface area contributed by atoms with E-state index in [2.05, 4.69) is 19.9 Å². The van der Waals surface area contributed by atoms with Gasteiger partial charge in [-0.05, 0) is 130 Å². The molecule has 0 bridgehead atoms. The smallest absolute Gasteiger partial charge is 0.342 e. The van der Waals surface area contributed by atoms with Gasteiger partial charge in [0.15, 0.2) is 0 Å². The summed E-state index contributed by atoms with van der Waals surface area (Å²) in [6.45, 7) is 1.33. The highest BCUT2D eigenvalue weighted by Gasteiger charge is 2.34. The van der Waals surface area contributed by atoms with Crippen LogP contribution in [-0.4, -0.2) is 92.4 Å². The summed E-state index contributed by atoms with van der Waals surface area (Å²) in [4.78, 5) is 55.5. The molecule has 1 aliphatic rings. The van der Waals surface area contributed by atoms with Crippen LogP contribution in [0.25, 0.3) is 65.8 Å². The number of nitrogens with zero attached hydrogens (tertiary/aromatic N) is 13. The van der Waals surface area contributed by atoms with Crippen LogP contribution in [0.15, 0.2) is 130 Å². The zero-order chi connectivity index (χ0) is 68.8. The number of unbranched alkanes of at least 4 members (excludes halogenated alkanes) is 1. The second-order valence-electron chi connectivity index (χ2n) is 23.7. The Bertz CT molecular complexity index is 5020. The Balaban J connectivity index is 0.000000146. The van der Waals surface area contributed by atoms with E-state index >= 15 is 0 Å². The number of imidazole rings is 3. The third kappa shape index (κ3) is 15.5. The monoisotopic (exact) mass is 1390 g/mol. The molecule has 1 fully saturated rings. The van der Waals surface area contributed by atoms with Crippen molar-refractivity contribution < 1.29 is 57.1 Å². The van der Waals surface area contributed by atoms with Crippen LogP contribution in [0.1, 0.15) is 85.6 Å². The largest absolute Gasteiger partial charge is 0.406 e. The normalized spacial score (nSPS) is 13.3. The Hall–Kier alpha value is -8.86. The van der Waals surface area contributed by atoms with E-state index in [1.165, 1.54) is 46.1 Å². The van der Waals surface area contributed by atoms with Crippen LogP contribution in [-0.2, 0) is 52.4 Å². The average Bonchev–Trinajstić information content (AvgIpc) is 1.60. The van der Waals surface area contributed by atoms with Crippen molar-refractivity contribution in [3.05, 3.63) is 186 Å². The lowest BCUT2D eigenvalue weighted by Gasteiger charge is -2.13. The van der Waals surface area contributed by atoms with Crippen molar-refractivity contribution in [3.8, 4) is 0 Å². The van der Waals surface area contributed by atoms with Crippen molar-refractivity contribution >= 4 is 89.0 Å². The molecule has 1 aliphatic carbocycles. The van der Waals surface area contributed by atoms with E-state index in [-0.39, 0.29) is 68.3 Å². The maximum atomic E-state index is 13.3. The SMILES string of the molecule is Cc1ccc2c(c1)n(Cc1cc3cc(Cl)ncc3n1CCCC(F)(F)F)c(=O)n2C1CC1.Cc1ccc2c(c1)n(Cc1cc3ccncc3n1CCCC(F)(F)F)c(=O)n2CC(F)(F)F.O=c1n(Cc2cc3cc(Cl)ncc3n2CCCCF)c2cnccc2n1CC(F)(F)F. The predicted octanol–water partition coefficient (Wildman–Crippen LogP) is 15.8. The van der Waals surface area contributed by atoms with E-state index in [0.717, 1.165) is 62.4 Å². The predicted molar refractivity (Wildman–Crippen MR) is 339 cm³/mol. The van der Waals surface area contributed by atoms with Crippen molar-refractivity contribution in [3.63, 3.8) is 0 Å². The topological polar surface area (TPSA) is 147 Å². The summed E-state index contributed by atoms with van der Waals surface area (Å²) in [5.74, 6) is 0. The van der Waals surface area contributed by atoms with Crippen LogP contribution in [0.5, 0.6) is 0 Å². The number of pyridine rings is 4. The second kappa shape index (κ2) is 27.3. The van der Waals surface area contributed by atoms with E-state index in [4.69, 9.17) is 23.2 Å². The van der Waals surface area contributed by atoms with Crippen molar-refractivity contribution in [2.45, 2.75) is 148 Å². The summed E-state index contributed by atoms with van der Waals surface area (Å²) in [7, 11) is 0. The first kappa shape index (κ1) is 68.5. The number of aryl methyl sites for hydroxylation is 5. The first-order valence-electron chi connectivity index (χ1n) is 30.4. The molecule has 0 radical (unpaired) electrons. The Morgan fingerprint density at radius 3 is 1.31 bits per heavy atom. The fourth-order valence-electron chi connectivity index (χ4n) is 12.2. The van der Waals surface area contributed by atoms with Crippen LogP contribution >= 0.6 is 23.2 Å². The molecule has 10 aromatic heterocycles. The first-order valence-corrected chi connectivity index (χ1v) is 31.1. The molecule has 12 aromatic rings. The molecule has 0 atom stereocenters. The van der Waals surface area contributed by atoms with Crippen molar-refractivity contribution in [2.24, 2.45) is 0 Å².